The first-order valence-electron chi connectivity index (χ1n) is 13.7. The van der Waals surface area contributed by atoms with Crippen LogP contribution < -0.4 is 4.72 Å². The summed E-state index contributed by atoms with van der Waals surface area (Å²) in [7, 11) is -4.31. The van der Waals surface area contributed by atoms with E-state index in [1.807, 2.05) is 44.2 Å². The highest BCUT2D eigenvalue weighted by atomic mass is 32.2. The van der Waals surface area contributed by atoms with Gasteiger partial charge in [-0.05, 0) is 61.1 Å². The second-order valence-corrected chi connectivity index (χ2v) is 11.4. The Morgan fingerprint density at radius 2 is 1.76 bits per heavy atom. The molecule has 0 fully saturated rings. The van der Waals surface area contributed by atoms with Gasteiger partial charge in [-0.1, -0.05) is 62.7 Å². The number of aliphatic hydroxyl groups is 1. The number of nitrogens with one attached hydrogen (secondary N) is 1. The summed E-state index contributed by atoms with van der Waals surface area (Å²) in [5.74, 6) is -1.31. The molecule has 3 aromatic rings. The number of aliphatic hydroxyl groups excluding tert-OH is 1. The van der Waals surface area contributed by atoms with E-state index in [9.17, 15) is 31.5 Å². The number of unbranched alkanes of at least 4 members (excludes halogenated alkanes) is 1. The van der Waals surface area contributed by atoms with E-state index in [4.69, 9.17) is 4.74 Å². The van der Waals surface area contributed by atoms with Crippen LogP contribution in [0.1, 0.15) is 68.6 Å². The minimum absolute atomic E-state index is 0.0725. The summed E-state index contributed by atoms with van der Waals surface area (Å²) in [6.45, 7) is 3.96. The third kappa shape index (κ3) is 9.07. The molecule has 0 saturated heterocycles. The zero-order valence-electron chi connectivity index (χ0n) is 23.5. The van der Waals surface area contributed by atoms with Crippen LogP contribution in [0.4, 0.5) is 18.9 Å². The Hall–Kier alpha value is -3.86. The molecule has 0 aliphatic heterocycles. The number of allylic oxidation sites excluding steroid dienone is 1. The molecule has 1 atom stereocenters. The summed E-state index contributed by atoms with van der Waals surface area (Å²) in [6.07, 6.45) is -0.715. The number of aromatic nitrogens is 1. The lowest BCUT2D eigenvalue weighted by atomic mass is 9.87. The van der Waals surface area contributed by atoms with Gasteiger partial charge in [-0.2, -0.15) is 21.6 Å². The maximum absolute atomic E-state index is 13.3. The lowest BCUT2D eigenvalue weighted by Crippen LogP contribution is -2.19. The summed E-state index contributed by atoms with van der Waals surface area (Å²) in [4.78, 5) is 16.8. The number of aryl methyl sites for hydroxylation is 1. The smallest absolute Gasteiger partial charge is 0.417 e. The third-order valence-electron chi connectivity index (χ3n) is 6.62. The number of halogens is 3. The molecular weight excluding hydrogens is 569 g/mol. The van der Waals surface area contributed by atoms with E-state index in [1.165, 1.54) is 12.1 Å². The molecule has 0 aliphatic rings. The summed E-state index contributed by atoms with van der Waals surface area (Å²) in [5, 5.41) is 10.4. The van der Waals surface area contributed by atoms with Crippen molar-refractivity contribution in [2.75, 3.05) is 11.3 Å². The van der Waals surface area contributed by atoms with Crippen LogP contribution in [0.5, 0.6) is 0 Å². The molecular formula is C31H35F3N2O5S. The van der Waals surface area contributed by atoms with Crippen molar-refractivity contribution < 1.29 is 36.2 Å². The van der Waals surface area contributed by atoms with E-state index in [0.717, 1.165) is 24.5 Å². The van der Waals surface area contributed by atoms with Gasteiger partial charge in [0.1, 0.15) is 5.76 Å². The molecule has 42 heavy (non-hydrogen) atoms. The largest absolute Gasteiger partial charge is 0.512 e. The van der Waals surface area contributed by atoms with Gasteiger partial charge in [-0.25, -0.2) is 9.78 Å². The first kappa shape index (κ1) is 32.7. The molecule has 0 spiro atoms. The maximum Gasteiger partial charge on any atom is 0.417 e. The molecule has 2 N–H and O–H groups in total. The number of alkyl halides is 3. The van der Waals surface area contributed by atoms with E-state index < -0.39 is 38.7 Å². The number of pyridine rings is 1. The number of esters is 1. The van der Waals surface area contributed by atoms with Crippen molar-refractivity contribution in [2.45, 2.75) is 69.5 Å². The van der Waals surface area contributed by atoms with Crippen LogP contribution >= 0.6 is 0 Å². The van der Waals surface area contributed by atoms with Crippen LogP contribution in [0.2, 0.25) is 0 Å². The highest BCUT2D eigenvalue weighted by Gasteiger charge is 2.32. The maximum atomic E-state index is 13.3. The van der Waals surface area contributed by atoms with Crippen LogP contribution in [0.25, 0.3) is 0 Å². The molecule has 0 radical (unpaired) electrons. The van der Waals surface area contributed by atoms with Crippen molar-refractivity contribution in [3.8, 4) is 0 Å². The molecule has 0 aliphatic carbocycles. The van der Waals surface area contributed by atoms with Gasteiger partial charge >= 0.3 is 12.1 Å². The minimum atomic E-state index is -4.65. The summed E-state index contributed by atoms with van der Waals surface area (Å²) in [5.41, 5.74) is 0.847. The fraction of sp³-hybridized carbons (Fsp3) is 0.355. The first-order chi connectivity index (χ1) is 20.0. The SMILES string of the molecule is CCCC/C(O)=C(\C(=O)OCCCc1ccccc1)C(CC)c1cccc(NS(=O)(=O)c2ccc(C(F)(F)F)cn2)c1. The molecule has 0 amide bonds. The first-order valence-corrected chi connectivity index (χ1v) is 15.2. The summed E-state index contributed by atoms with van der Waals surface area (Å²) < 4.78 is 72.2. The van der Waals surface area contributed by atoms with E-state index in [1.54, 1.807) is 12.1 Å². The van der Waals surface area contributed by atoms with Crippen molar-refractivity contribution in [3.05, 3.63) is 101 Å². The highest BCUT2D eigenvalue weighted by Crippen LogP contribution is 2.34. The zero-order chi connectivity index (χ0) is 30.8. The Morgan fingerprint density at radius 3 is 2.38 bits per heavy atom. The van der Waals surface area contributed by atoms with Gasteiger partial charge in [0, 0.05) is 24.2 Å². The number of sulfonamides is 1. The number of ether oxygens (including phenoxy) is 1. The lowest BCUT2D eigenvalue weighted by molar-refractivity contribution is -0.140. The molecule has 3 rings (SSSR count). The van der Waals surface area contributed by atoms with E-state index in [0.29, 0.717) is 37.1 Å². The van der Waals surface area contributed by atoms with Gasteiger partial charge in [0.05, 0.1) is 17.7 Å². The summed E-state index contributed by atoms with van der Waals surface area (Å²) >= 11 is 0. The molecule has 7 nitrogen and oxygen atoms in total. The monoisotopic (exact) mass is 604 g/mol. The Morgan fingerprint density at radius 1 is 1.02 bits per heavy atom. The van der Waals surface area contributed by atoms with E-state index in [2.05, 4.69) is 9.71 Å². The van der Waals surface area contributed by atoms with Gasteiger partial charge in [0.2, 0.25) is 0 Å². The number of carbonyl (C=O) groups is 1. The quantitative estimate of drug-likeness (QED) is 0.0851. The van der Waals surface area contributed by atoms with Crippen LogP contribution in [0.3, 0.4) is 0 Å². The number of hydrogen-bond donors (Lipinski definition) is 2. The Bertz CT molecular complexity index is 1460. The van der Waals surface area contributed by atoms with Crippen LogP contribution in [0, 0.1) is 0 Å². The number of anilines is 1. The number of nitrogens with zero attached hydrogens (tertiary/aromatic N) is 1. The standard InChI is InChI=1S/C31H35F3N2O5S/c1-3-5-16-27(37)29(30(38)41-19-10-13-22-11-7-6-8-12-22)26(4-2)23-14-9-15-25(20-23)36-42(39,40)28-18-17-24(21-35-28)31(32,33)34/h6-9,11-12,14-15,17-18,20-21,26,36-37H,3-5,10,13,16,19H2,1-2H3/b29-27+. The predicted octanol–water partition coefficient (Wildman–Crippen LogP) is 7.57. The fourth-order valence-electron chi connectivity index (χ4n) is 4.44. The Balaban J connectivity index is 1.81. The number of carbonyl (C=O) groups excluding carboxylic acids is 1. The van der Waals surface area contributed by atoms with Gasteiger partial charge in [0.15, 0.2) is 5.03 Å². The zero-order valence-corrected chi connectivity index (χ0v) is 24.3. The normalized spacial score (nSPS) is 13.3. The van der Waals surface area contributed by atoms with Gasteiger partial charge in [0.25, 0.3) is 10.0 Å². The van der Waals surface area contributed by atoms with E-state index in [-0.39, 0.29) is 30.0 Å². The predicted molar refractivity (Wildman–Crippen MR) is 154 cm³/mol. The number of hydrogen-bond acceptors (Lipinski definition) is 6. The van der Waals surface area contributed by atoms with Gasteiger partial charge in [-0.3, -0.25) is 4.72 Å². The van der Waals surface area contributed by atoms with Crippen molar-refractivity contribution >= 4 is 21.7 Å². The molecule has 11 heteroatoms. The van der Waals surface area contributed by atoms with Crippen molar-refractivity contribution in [1.82, 2.24) is 4.98 Å². The summed E-state index contributed by atoms with van der Waals surface area (Å²) in [6, 6.07) is 17.5. The Labute approximate surface area is 244 Å². The number of rotatable bonds is 14. The third-order valence-corrected chi connectivity index (χ3v) is 7.92. The molecule has 0 bridgehead atoms. The minimum Gasteiger partial charge on any atom is -0.512 e. The second-order valence-electron chi connectivity index (χ2n) is 9.76. The van der Waals surface area contributed by atoms with Crippen molar-refractivity contribution in [1.29, 1.82) is 0 Å². The van der Waals surface area contributed by atoms with Crippen LogP contribution in [-0.2, 0) is 32.2 Å². The second kappa shape index (κ2) is 14.9. The molecule has 1 aromatic heterocycles. The van der Waals surface area contributed by atoms with Crippen LogP contribution in [0.15, 0.2) is 89.3 Å². The number of benzene rings is 2. The molecule has 1 unspecified atom stereocenters. The molecule has 1 heterocycles. The van der Waals surface area contributed by atoms with Crippen LogP contribution in [-0.4, -0.2) is 31.1 Å². The Kier molecular flexibility index (Phi) is 11.6. The van der Waals surface area contributed by atoms with Gasteiger partial charge < -0.3 is 9.84 Å². The average Bonchev–Trinajstić information content (AvgIpc) is 2.96. The molecule has 0 saturated carbocycles. The topological polar surface area (TPSA) is 106 Å². The molecule has 226 valence electrons. The van der Waals surface area contributed by atoms with E-state index >= 15 is 0 Å². The molecule has 2 aromatic carbocycles. The highest BCUT2D eigenvalue weighted by molar-refractivity contribution is 7.92. The lowest BCUT2D eigenvalue weighted by Gasteiger charge is -2.21. The van der Waals surface area contributed by atoms with Crippen molar-refractivity contribution in [3.63, 3.8) is 0 Å². The fourth-order valence-corrected chi connectivity index (χ4v) is 5.42. The average molecular weight is 605 g/mol. The van der Waals surface area contributed by atoms with Gasteiger partial charge in [-0.15, -0.1) is 0 Å². The van der Waals surface area contributed by atoms with Crippen molar-refractivity contribution in [2.24, 2.45) is 0 Å².